The highest BCUT2D eigenvalue weighted by Gasteiger charge is 2.09. The first-order valence-electron chi connectivity index (χ1n) is 7.04. The van der Waals surface area contributed by atoms with Gasteiger partial charge in [0, 0.05) is 11.1 Å². The minimum absolute atomic E-state index is 0.147. The van der Waals surface area contributed by atoms with Gasteiger partial charge in [0.1, 0.15) is 17.9 Å². The maximum atomic E-state index is 6.17. The summed E-state index contributed by atoms with van der Waals surface area (Å²) in [6.07, 6.45) is 0. The summed E-state index contributed by atoms with van der Waals surface area (Å²) < 4.78 is 5.90. The quantitative estimate of drug-likeness (QED) is 0.793. The third kappa shape index (κ3) is 3.03. The Morgan fingerprint density at radius 1 is 1.00 bits per heavy atom. The second kappa shape index (κ2) is 5.94. The van der Waals surface area contributed by atoms with E-state index in [1.807, 2.05) is 61.5 Å². The number of rotatable bonds is 4. The zero-order valence-corrected chi connectivity index (χ0v) is 12.0. The van der Waals surface area contributed by atoms with Crippen molar-refractivity contribution in [3.05, 3.63) is 71.9 Å². The van der Waals surface area contributed by atoms with Crippen molar-refractivity contribution in [1.82, 2.24) is 4.98 Å². The lowest BCUT2D eigenvalue weighted by Crippen LogP contribution is -2.19. The number of benzene rings is 2. The van der Waals surface area contributed by atoms with E-state index in [9.17, 15) is 0 Å². The van der Waals surface area contributed by atoms with Crippen molar-refractivity contribution in [2.24, 2.45) is 5.73 Å². The molecule has 2 aromatic carbocycles. The maximum Gasteiger partial charge on any atom is 0.145 e. The number of fused-ring (bicyclic) bond motifs is 1. The number of aryl methyl sites for hydroxylation is 1. The van der Waals surface area contributed by atoms with E-state index in [1.54, 1.807) is 0 Å². The van der Waals surface area contributed by atoms with Gasteiger partial charge in [-0.2, -0.15) is 0 Å². The molecule has 0 amide bonds. The van der Waals surface area contributed by atoms with E-state index in [0.29, 0.717) is 6.61 Å². The molecule has 0 saturated carbocycles. The SMILES string of the molecule is Cc1ccc2cccc(OCC(N)c3ccccc3)c2n1. The molecule has 3 rings (SSSR count). The second-order valence-electron chi connectivity index (χ2n) is 5.11. The molecule has 3 aromatic rings. The monoisotopic (exact) mass is 278 g/mol. The van der Waals surface area contributed by atoms with Gasteiger partial charge in [-0.3, -0.25) is 0 Å². The standard InChI is InChI=1S/C18H18N2O/c1-13-10-11-15-8-5-9-17(18(15)20-13)21-12-16(19)14-6-3-2-4-7-14/h2-11,16H,12,19H2,1H3. The van der Waals surface area contributed by atoms with Gasteiger partial charge < -0.3 is 10.5 Å². The molecule has 0 spiro atoms. The van der Waals surface area contributed by atoms with Crippen LogP contribution in [0.15, 0.2) is 60.7 Å². The van der Waals surface area contributed by atoms with Crippen LogP contribution in [0, 0.1) is 6.92 Å². The average molecular weight is 278 g/mol. The molecule has 0 radical (unpaired) electrons. The number of aromatic nitrogens is 1. The van der Waals surface area contributed by atoms with Crippen molar-refractivity contribution in [1.29, 1.82) is 0 Å². The number of ether oxygens (including phenoxy) is 1. The van der Waals surface area contributed by atoms with Crippen LogP contribution < -0.4 is 10.5 Å². The minimum atomic E-state index is -0.147. The summed E-state index contributed by atoms with van der Waals surface area (Å²) >= 11 is 0. The lowest BCUT2D eigenvalue weighted by molar-refractivity contribution is 0.293. The van der Waals surface area contributed by atoms with E-state index < -0.39 is 0 Å². The average Bonchev–Trinajstić information content (AvgIpc) is 2.53. The fourth-order valence-electron chi connectivity index (χ4n) is 2.31. The van der Waals surface area contributed by atoms with Crippen LogP contribution in [0.3, 0.4) is 0 Å². The van der Waals surface area contributed by atoms with E-state index >= 15 is 0 Å². The fraction of sp³-hybridized carbons (Fsp3) is 0.167. The molecule has 2 N–H and O–H groups in total. The lowest BCUT2D eigenvalue weighted by atomic mass is 10.1. The Labute approximate surface area is 124 Å². The molecular weight excluding hydrogens is 260 g/mol. The Balaban J connectivity index is 1.81. The number of hydrogen-bond acceptors (Lipinski definition) is 3. The van der Waals surface area contributed by atoms with Crippen molar-refractivity contribution in [2.75, 3.05) is 6.61 Å². The molecule has 0 aliphatic rings. The predicted octanol–water partition coefficient (Wildman–Crippen LogP) is 3.62. The highest BCUT2D eigenvalue weighted by atomic mass is 16.5. The van der Waals surface area contributed by atoms with Gasteiger partial charge in [-0.1, -0.05) is 48.5 Å². The molecule has 1 unspecified atom stereocenters. The molecule has 1 atom stereocenters. The van der Waals surface area contributed by atoms with Crippen LogP contribution in [0.25, 0.3) is 10.9 Å². The number of para-hydroxylation sites is 1. The lowest BCUT2D eigenvalue weighted by Gasteiger charge is -2.14. The number of nitrogens with zero attached hydrogens (tertiary/aromatic N) is 1. The van der Waals surface area contributed by atoms with Gasteiger partial charge in [0.2, 0.25) is 0 Å². The molecule has 0 bridgehead atoms. The van der Waals surface area contributed by atoms with Gasteiger partial charge in [0.05, 0.1) is 6.04 Å². The minimum Gasteiger partial charge on any atom is -0.489 e. The van der Waals surface area contributed by atoms with Crippen molar-refractivity contribution in [3.8, 4) is 5.75 Å². The molecule has 21 heavy (non-hydrogen) atoms. The first-order valence-corrected chi connectivity index (χ1v) is 7.04. The van der Waals surface area contributed by atoms with Crippen molar-refractivity contribution in [3.63, 3.8) is 0 Å². The van der Waals surface area contributed by atoms with Crippen LogP contribution in [0.5, 0.6) is 5.75 Å². The topological polar surface area (TPSA) is 48.1 Å². The van der Waals surface area contributed by atoms with E-state index in [-0.39, 0.29) is 6.04 Å². The Kier molecular flexibility index (Phi) is 3.84. The Morgan fingerprint density at radius 2 is 1.81 bits per heavy atom. The van der Waals surface area contributed by atoms with Gasteiger partial charge in [-0.25, -0.2) is 4.98 Å². The largest absolute Gasteiger partial charge is 0.489 e. The van der Waals surface area contributed by atoms with E-state index in [1.165, 1.54) is 0 Å². The molecule has 1 heterocycles. The van der Waals surface area contributed by atoms with Crippen molar-refractivity contribution >= 4 is 10.9 Å². The summed E-state index contributed by atoms with van der Waals surface area (Å²) in [4.78, 5) is 4.56. The normalized spacial score (nSPS) is 12.3. The molecule has 106 valence electrons. The zero-order chi connectivity index (χ0) is 14.7. The molecule has 0 fully saturated rings. The van der Waals surface area contributed by atoms with E-state index in [2.05, 4.69) is 11.1 Å². The van der Waals surface area contributed by atoms with E-state index in [0.717, 1.165) is 27.9 Å². The summed E-state index contributed by atoms with van der Waals surface area (Å²) in [5.74, 6) is 0.780. The first-order chi connectivity index (χ1) is 10.2. The third-order valence-corrected chi connectivity index (χ3v) is 3.47. The zero-order valence-electron chi connectivity index (χ0n) is 12.0. The first kappa shape index (κ1) is 13.6. The maximum absolute atomic E-state index is 6.17. The highest BCUT2D eigenvalue weighted by molar-refractivity contribution is 5.84. The Morgan fingerprint density at radius 3 is 2.62 bits per heavy atom. The third-order valence-electron chi connectivity index (χ3n) is 3.47. The summed E-state index contributed by atoms with van der Waals surface area (Å²) in [5, 5.41) is 1.08. The number of nitrogens with two attached hydrogens (primary N) is 1. The van der Waals surface area contributed by atoms with Crippen LogP contribution in [-0.4, -0.2) is 11.6 Å². The molecule has 3 heteroatoms. The fourth-order valence-corrected chi connectivity index (χ4v) is 2.31. The van der Waals surface area contributed by atoms with Gasteiger partial charge in [0.25, 0.3) is 0 Å². The van der Waals surface area contributed by atoms with Crippen LogP contribution in [-0.2, 0) is 0 Å². The van der Waals surface area contributed by atoms with Crippen molar-refractivity contribution < 1.29 is 4.74 Å². The molecule has 0 aliphatic heterocycles. The summed E-state index contributed by atoms with van der Waals surface area (Å²) in [5.41, 5.74) is 9.11. The number of pyridine rings is 1. The summed E-state index contributed by atoms with van der Waals surface area (Å²) in [6, 6.07) is 19.8. The molecule has 0 saturated heterocycles. The van der Waals surface area contributed by atoms with Crippen LogP contribution in [0.2, 0.25) is 0 Å². The number of hydrogen-bond donors (Lipinski definition) is 1. The smallest absolute Gasteiger partial charge is 0.145 e. The van der Waals surface area contributed by atoms with Crippen LogP contribution >= 0.6 is 0 Å². The molecular formula is C18H18N2O. The van der Waals surface area contributed by atoms with E-state index in [4.69, 9.17) is 10.5 Å². The molecule has 0 aliphatic carbocycles. The van der Waals surface area contributed by atoms with Gasteiger partial charge in [-0.05, 0) is 24.6 Å². The van der Waals surface area contributed by atoms with Gasteiger partial charge in [0.15, 0.2) is 0 Å². The Bertz CT molecular complexity index is 741. The second-order valence-corrected chi connectivity index (χ2v) is 5.11. The van der Waals surface area contributed by atoms with Gasteiger partial charge >= 0.3 is 0 Å². The Hall–Kier alpha value is -2.39. The van der Waals surface area contributed by atoms with Crippen LogP contribution in [0.4, 0.5) is 0 Å². The summed E-state index contributed by atoms with van der Waals surface area (Å²) in [7, 11) is 0. The molecule has 3 nitrogen and oxygen atoms in total. The predicted molar refractivity (Wildman–Crippen MR) is 85.3 cm³/mol. The van der Waals surface area contributed by atoms with Crippen molar-refractivity contribution in [2.45, 2.75) is 13.0 Å². The highest BCUT2D eigenvalue weighted by Crippen LogP contribution is 2.24. The van der Waals surface area contributed by atoms with Crippen LogP contribution in [0.1, 0.15) is 17.3 Å². The summed E-state index contributed by atoms with van der Waals surface area (Å²) in [6.45, 7) is 2.41. The van der Waals surface area contributed by atoms with Gasteiger partial charge in [-0.15, -0.1) is 0 Å². The molecule has 1 aromatic heterocycles.